The third-order valence-electron chi connectivity index (χ3n) is 3.23. The summed E-state index contributed by atoms with van der Waals surface area (Å²) in [5, 5.41) is 9.17. The van der Waals surface area contributed by atoms with E-state index in [-0.39, 0.29) is 12.4 Å². The molecule has 0 saturated heterocycles. The molecule has 4 heteroatoms. The van der Waals surface area contributed by atoms with Crippen LogP contribution in [0.4, 0.5) is 4.39 Å². The lowest BCUT2D eigenvalue weighted by atomic mass is 9.93. The van der Waals surface area contributed by atoms with Gasteiger partial charge < -0.3 is 15.6 Å². The number of halogens is 1. The molecule has 18 heavy (non-hydrogen) atoms. The number of hydrogen-bond acceptors (Lipinski definition) is 3. The molecule has 0 saturated carbocycles. The van der Waals surface area contributed by atoms with Crippen LogP contribution in [-0.4, -0.2) is 23.9 Å². The molecule has 1 aromatic carbocycles. The summed E-state index contributed by atoms with van der Waals surface area (Å²) in [6.45, 7) is 4.27. The van der Waals surface area contributed by atoms with E-state index in [0.29, 0.717) is 18.8 Å². The van der Waals surface area contributed by atoms with Crippen molar-refractivity contribution in [2.24, 2.45) is 5.73 Å². The smallest absolute Gasteiger partial charge is 0.123 e. The molecule has 0 aliphatic carbocycles. The Hall–Kier alpha value is -1.13. The standard InChI is InChI=1S/C14H22FNO2/c1-3-14(16,10-17)7-4-8-18-13-6-5-12(15)9-11(13)2/h5-6,9,17H,3-4,7-8,10,16H2,1-2H3. The highest BCUT2D eigenvalue weighted by molar-refractivity contribution is 5.32. The van der Waals surface area contributed by atoms with Crippen LogP contribution in [0.1, 0.15) is 31.7 Å². The van der Waals surface area contributed by atoms with E-state index in [1.54, 1.807) is 6.07 Å². The predicted molar refractivity (Wildman–Crippen MR) is 70.2 cm³/mol. The summed E-state index contributed by atoms with van der Waals surface area (Å²) in [6, 6.07) is 4.46. The number of nitrogens with two attached hydrogens (primary N) is 1. The van der Waals surface area contributed by atoms with Gasteiger partial charge in [0.1, 0.15) is 11.6 Å². The highest BCUT2D eigenvalue weighted by Crippen LogP contribution is 2.19. The van der Waals surface area contributed by atoms with Crippen LogP contribution in [0.2, 0.25) is 0 Å². The Labute approximate surface area is 108 Å². The van der Waals surface area contributed by atoms with Gasteiger partial charge in [-0.05, 0) is 49.9 Å². The summed E-state index contributed by atoms with van der Waals surface area (Å²) in [6.07, 6.45) is 2.21. The zero-order chi connectivity index (χ0) is 13.6. The van der Waals surface area contributed by atoms with Crippen molar-refractivity contribution in [1.29, 1.82) is 0 Å². The number of aliphatic hydroxyl groups excluding tert-OH is 1. The molecule has 0 aromatic heterocycles. The van der Waals surface area contributed by atoms with Gasteiger partial charge in [-0.2, -0.15) is 0 Å². The highest BCUT2D eigenvalue weighted by Gasteiger charge is 2.20. The third-order valence-corrected chi connectivity index (χ3v) is 3.23. The van der Waals surface area contributed by atoms with Gasteiger partial charge in [0.2, 0.25) is 0 Å². The SMILES string of the molecule is CCC(N)(CO)CCCOc1ccc(F)cc1C. The van der Waals surface area contributed by atoms with Gasteiger partial charge >= 0.3 is 0 Å². The molecule has 0 aliphatic heterocycles. The second-order valence-corrected chi connectivity index (χ2v) is 4.74. The van der Waals surface area contributed by atoms with Crippen LogP contribution in [0.15, 0.2) is 18.2 Å². The van der Waals surface area contributed by atoms with Crippen molar-refractivity contribution < 1.29 is 14.2 Å². The van der Waals surface area contributed by atoms with Crippen LogP contribution >= 0.6 is 0 Å². The molecule has 0 fully saturated rings. The molecule has 0 aliphatic rings. The van der Waals surface area contributed by atoms with Gasteiger partial charge in [0.15, 0.2) is 0 Å². The number of hydrogen-bond donors (Lipinski definition) is 2. The van der Waals surface area contributed by atoms with Gasteiger partial charge in [0, 0.05) is 5.54 Å². The molecule has 0 spiro atoms. The van der Waals surface area contributed by atoms with Crippen LogP contribution in [0.25, 0.3) is 0 Å². The lowest BCUT2D eigenvalue weighted by Gasteiger charge is -2.25. The van der Waals surface area contributed by atoms with E-state index in [1.807, 2.05) is 13.8 Å². The molecule has 0 bridgehead atoms. The van der Waals surface area contributed by atoms with E-state index in [9.17, 15) is 4.39 Å². The summed E-state index contributed by atoms with van der Waals surface area (Å²) < 4.78 is 18.5. The van der Waals surface area contributed by atoms with E-state index >= 15 is 0 Å². The first kappa shape index (κ1) is 14.9. The van der Waals surface area contributed by atoms with E-state index in [2.05, 4.69) is 0 Å². The molecule has 0 radical (unpaired) electrons. The zero-order valence-corrected chi connectivity index (χ0v) is 11.1. The second kappa shape index (κ2) is 6.71. The molecule has 1 rings (SSSR count). The molecule has 1 atom stereocenters. The largest absolute Gasteiger partial charge is 0.493 e. The molecular weight excluding hydrogens is 233 g/mol. The van der Waals surface area contributed by atoms with Gasteiger partial charge in [0.25, 0.3) is 0 Å². The number of rotatable bonds is 7. The van der Waals surface area contributed by atoms with Crippen LogP contribution in [0, 0.1) is 12.7 Å². The van der Waals surface area contributed by atoms with Gasteiger partial charge in [-0.1, -0.05) is 6.92 Å². The quantitative estimate of drug-likeness (QED) is 0.736. The number of aryl methyl sites for hydroxylation is 1. The van der Waals surface area contributed by atoms with Crippen LogP contribution in [0.5, 0.6) is 5.75 Å². The van der Waals surface area contributed by atoms with Crippen LogP contribution in [-0.2, 0) is 0 Å². The number of benzene rings is 1. The normalized spacial score (nSPS) is 14.3. The van der Waals surface area contributed by atoms with E-state index in [1.165, 1.54) is 12.1 Å². The fourth-order valence-electron chi connectivity index (χ4n) is 1.75. The second-order valence-electron chi connectivity index (χ2n) is 4.74. The van der Waals surface area contributed by atoms with Crippen molar-refractivity contribution in [3.05, 3.63) is 29.6 Å². The van der Waals surface area contributed by atoms with Gasteiger partial charge in [-0.3, -0.25) is 0 Å². The fourth-order valence-corrected chi connectivity index (χ4v) is 1.75. The van der Waals surface area contributed by atoms with Crippen molar-refractivity contribution in [3.63, 3.8) is 0 Å². The van der Waals surface area contributed by atoms with Crippen molar-refractivity contribution >= 4 is 0 Å². The Morgan fingerprint density at radius 1 is 1.44 bits per heavy atom. The minimum absolute atomic E-state index is 0.0148. The topological polar surface area (TPSA) is 55.5 Å². The van der Waals surface area contributed by atoms with Gasteiger partial charge in [-0.15, -0.1) is 0 Å². The Morgan fingerprint density at radius 2 is 2.17 bits per heavy atom. The van der Waals surface area contributed by atoms with Crippen molar-refractivity contribution in [2.75, 3.05) is 13.2 Å². The summed E-state index contributed by atoms with van der Waals surface area (Å²) in [4.78, 5) is 0. The molecule has 1 aromatic rings. The Kier molecular flexibility index (Phi) is 5.56. The molecule has 3 nitrogen and oxygen atoms in total. The molecule has 1 unspecified atom stereocenters. The van der Waals surface area contributed by atoms with Crippen molar-refractivity contribution in [3.8, 4) is 5.75 Å². The minimum atomic E-state index is -0.513. The summed E-state index contributed by atoms with van der Waals surface area (Å²) >= 11 is 0. The first-order chi connectivity index (χ1) is 8.50. The summed E-state index contributed by atoms with van der Waals surface area (Å²) in [5.41, 5.74) is 6.24. The number of aliphatic hydroxyl groups is 1. The molecule has 3 N–H and O–H groups in total. The van der Waals surface area contributed by atoms with Gasteiger partial charge in [-0.25, -0.2) is 4.39 Å². The summed E-state index contributed by atoms with van der Waals surface area (Å²) in [7, 11) is 0. The monoisotopic (exact) mass is 255 g/mol. The maximum Gasteiger partial charge on any atom is 0.123 e. The third kappa shape index (κ3) is 4.27. The average Bonchev–Trinajstić information content (AvgIpc) is 2.36. The lowest BCUT2D eigenvalue weighted by molar-refractivity contribution is 0.171. The molecule has 102 valence electrons. The van der Waals surface area contributed by atoms with Gasteiger partial charge in [0.05, 0.1) is 13.2 Å². The Balaban J connectivity index is 2.38. The molecular formula is C14H22FNO2. The zero-order valence-electron chi connectivity index (χ0n) is 11.1. The van der Waals surface area contributed by atoms with E-state index < -0.39 is 5.54 Å². The van der Waals surface area contributed by atoms with E-state index in [4.69, 9.17) is 15.6 Å². The highest BCUT2D eigenvalue weighted by atomic mass is 19.1. The average molecular weight is 255 g/mol. The maximum absolute atomic E-state index is 12.9. The lowest BCUT2D eigenvalue weighted by Crippen LogP contribution is -2.43. The fraction of sp³-hybridized carbons (Fsp3) is 0.571. The predicted octanol–water partition coefficient (Wildman–Crippen LogP) is 2.39. The van der Waals surface area contributed by atoms with Crippen molar-refractivity contribution in [2.45, 2.75) is 38.6 Å². The maximum atomic E-state index is 12.9. The van der Waals surface area contributed by atoms with Crippen LogP contribution < -0.4 is 10.5 Å². The first-order valence-corrected chi connectivity index (χ1v) is 6.29. The molecule has 0 amide bonds. The van der Waals surface area contributed by atoms with Crippen LogP contribution in [0.3, 0.4) is 0 Å². The van der Waals surface area contributed by atoms with E-state index in [0.717, 1.165) is 18.4 Å². The minimum Gasteiger partial charge on any atom is -0.493 e. The van der Waals surface area contributed by atoms with Crippen molar-refractivity contribution in [1.82, 2.24) is 0 Å². The molecule has 0 heterocycles. The first-order valence-electron chi connectivity index (χ1n) is 6.29. The number of ether oxygens (including phenoxy) is 1. The Morgan fingerprint density at radius 3 is 2.72 bits per heavy atom. The summed E-state index contributed by atoms with van der Waals surface area (Å²) in [5.74, 6) is 0.437. The Bertz CT molecular complexity index is 378.